The van der Waals surface area contributed by atoms with E-state index in [1.165, 1.54) is 11.8 Å². The lowest BCUT2D eigenvalue weighted by atomic mass is 10.1. The van der Waals surface area contributed by atoms with E-state index in [2.05, 4.69) is 19.1 Å². The highest BCUT2D eigenvalue weighted by molar-refractivity contribution is 8.00. The van der Waals surface area contributed by atoms with Gasteiger partial charge in [-0.1, -0.05) is 19.1 Å². The molecule has 0 saturated carbocycles. The van der Waals surface area contributed by atoms with Crippen molar-refractivity contribution in [2.24, 2.45) is 5.73 Å². The zero-order valence-electron chi connectivity index (χ0n) is 10.9. The van der Waals surface area contributed by atoms with Crippen molar-refractivity contribution in [3.8, 4) is 0 Å². The van der Waals surface area contributed by atoms with Crippen LogP contribution in [0.3, 0.4) is 0 Å². The fourth-order valence-corrected chi connectivity index (χ4v) is 3.59. The Hall–Kier alpha value is -0.520. The molecule has 0 aromatic heterocycles. The van der Waals surface area contributed by atoms with E-state index in [4.69, 9.17) is 5.73 Å². The fraction of sp³-hybridized carbons (Fsp3) is 0.538. The van der Waals surface area contributed by atoms with Gasteiger partial charge in [0.05, 0.1) is 5.75 Å². The van der Waals surface area contributed by atoms with Crippen molar-refractivity contribution in [3.63, 3.8) is 0 Å². The first-order valence-electron chi connectivity index (χ1n) is 6.05. The third-order valence-corrected chi connectivity index (χ3v) is 4.89. The van der Waals surface area contributed by atoms with Gasteiger partial charge in [-0.3, -0.25) is 0 Å². The second-order valence-corrected chi connectivity index (χ2v) is 7.92. The van der Waals surface area contributed by atoms with Crippen molar-refractivity contribution in [1.82, 2.24) is 0 Å². The van der Waals surface area contributed by atoms with Crippen molar-refractivity contribution in [2.75, 3.05) is 17.8 Å². The second kappa shape index (κ2) is 7.16. The molecule has 1 aromatic carbocycles. The lowest BCUT2D eigenvalue weighted by molar-refractivity contribution is 0.603. The first-order valence-corrected chi connectivity index (χ1v) is 9.10. The molecule has 0 aliphatic carbocycles. The minimum Gasteiger partial charge on any atom is -0.327 e. The summed E-state index contributed by atoms with van der Waals surface area (Å²) in [5, 5.41) is 0. The Morgan fingerprint density at radius 2 is 1.89 bits per heavy atom. The molecule has 0 saturated heterocycles. The molecule has 3 nitrogen and oxygen atoms in total. The van der Waals surface area contributed by atoms with Gasteiger partial charge in [-0.05, 0) is 30.5 Å². The van der Waals surface area contributed by atoms with Gasteiger partial charge in [-0.15, -0.1) is 11.8 Å². The fourth-order valence-electron chi connectivity index (χ4n) is 1.48. The number of hydrogen-bond donors (Lipinski definition) is 1. The van der Waals surface area contributed by atoms with Gasteiger partial charge in [-0.2, -0.15) is 0 Å². The summed E-state index contributed by atoms with van der Waals surface area (Å²) in [7, 11) is -2.86. The monoisotopic (exact) mass is 287 g/mol. The van der Waals surface area contributed by atoms with Crippen LogP contribution < -0.4 is 5.73 Å². The molecule has 1 aromatic rings. The predicted molar refractivity (Wildman–Crippen MR) is 78.8 cm³/mol. The van der Waals surface area contributed by atoms with Gasteiger partial charge >= 0.3 is 0 Å². The molecule has 0 radical (unpaired) electrons. The van der Waals surface area contributed by atoms with Crippen molar-refractivity contribution >= 4 is 21.6 Å². The third kappa shape index (κ3) is 6.42. The van der Waals surface area contributed by atoms with Crippen LogP contribution in [0.2, 0.25) is 0 Å². The Kier molecular flexibility index (Phi) is 6.18. The van der Waals surface area contributed by atoms with Gasteiger partial charge in [0.25, 0.3) is 0 Å². The summed E-state index contributed by atoms with van der Waals surface area (Å²) in [6.45, 7) is 2.08. The molecule has 0 heterocycles. The zero-order chi connectivity index (χ0) is 13.6. The van der Waals surface area contributed by atoms with E-state index in [0.29, 0.717) is 5.75 Å². The molecule has 1 unspecified atom stereocenters. The molecular weight excluding hydrogens is 266 g/mol. The highest BCUT2D eigenvalue weighted by atomic mass is 32.2. The largest absolute Gasteiger partial charge is 0.327 e. The van der Waals surface area contributed by atoms with Gasteiger partial charge < -0.3 is 5.73 Å². The molecule has 5 heteroatoms. The van der Waals surface area contributed by atoms with Crippen LogP contribution in [0.1, 0.15) is 18.9 Å². The maximum absolute atomic E-state index is 11.0. The molecule has 0 aliphatic heterocycles. The standard InChI is InChI=1S/C13H21NO2S2/c1-3-12(14)10-11-4-6-13(7-5-11)17-8-9-18(2,15)16/h4-7,12H,3,8-10,14H2,1-2H3. The highest BCUT2D eigenvalue weighted by Crippen LogP contribution is 2.19. The molecule has 0 spiro atoms. The SMILES string of the molecule is CCC(N)Cc1ccc(SCCS(C)(=O)=O)cc1. The normalized spacial score (nSPS) is 13.5. The van der Waals surface area contributed by atoms with Crippen LogP contribution in [0, 0.1) is 0 Å². The number of thioether (sulfide) groups is 1. The van der Waals surface area contributed by atoms with Crippen LogP contribution in [0.4, 0.5) is 0 Å². The maximum atomic E-state index is 11.0. The second-order valence-electron chi connectivity index (χ2n) is 4.49. The van der Waals surface area contributed by atoms with Gasteiger partial charge in [0.2, 0.25) is 0 Å². The Bertz CT molecular complexity index is 454. The van der Waals surface area contributed by atoms with Crippen molar-refractivity contribution in [1.29, 1.82) is 0 Å². The smallest absolute Gasteiger partial charge is 0.148 e. The Balaban J connectivity index is 2.45. The summed E-state index contributed by atoms with van der Waals surface area (Å²) in [6, 6.07) is 8.42. The van der Waals surface area contributed by atoms with E-state index >= 15 is 0 Å². The van der Waals surface area contributed by atoms with Crippen LogP contribution in [-0.2, 0) is 16.3 Å². The minimum absolute atomic E-state index is 0.216. The molecular formula is C13H21NO2S2. The molecule has 1 rings (SSSR count). The van der Waals surface area contributed by atoms with Crippen molar-refractivity contribution in [2.45, 2.75) is 30.7 Å². The maximum Gasteiger partial charge on any atom is 0.148 e. The van der Waals surface area contributed by atoms with Crippen molar-refractivity contribution < 1.29 is 8.42 Å². The predicted octanol–water partition coefficient (Wildman–Crippen LogP) is 2.10. The number of sulfone groups is 1. The minimum atomic E-state index is -2.86. The van der Waals surface area contributed by atoms with Crippen LogP contribution in [0.5, 0.6) is 0 Å². The van der Waals surface area contributed by atoms with Crippen LogP contribution >= 0.6 is 11.8 Å². The Morgan fingerprint density at radius 3 is 2.39 bits per heavy atom. The van der Waals surface area contributed by atoms with E-state index in [1.54, 1.807) is 11.8 Å². The molecule has 0 amide bonds. The van der Waals surface area contributed by atoms with Crippen LogP contribution in [0.25, 0.3) is 0 Å². The molecule has 1 atom stereocenters. The molecule has 2 N–H and O–H groups in total. The average Bonchev–Trinajstić information content (AvgIpc) is 2.29. The number of benzene rings is 1. The number of hydrogen-bond acceptors (Lipinski definition) is 4. The van der Waals surface area contributed by atoms with Gasteiger partial charge in [0, 0.05) is 22.9 Å². The topological polar surface area (TPSA) is 60.2 Å². The van der Waals surface area contributed by atoms with Crippen LogP contribution in [-0.4, -0.2) is 32.2 Å². The zero-order valence-corrected chi connectivity index (χ0v) is 12.6. The van der Waals surface area contributed by atoms with Crippen LogP contribution in [0.15, 0.2) is 29.2 Å². The van der Waals surface area contributed by atoms with Crippen molar-refractivity contribution in [3.05, 3.63) is 29.8 Å². The first kappa shape index (κ1) is 15.5. The summed E-state index contributed by atoms with van der Waals surface area (Å²) in [5.41, 5.74) is 7.13. The first-order chi connectivity index (χ1) is 8.40. The van der Waals surface area contributed by atoms with E-state index in [0.717, 1.165) is 17.7 Å². The Labute approximate surface area is 114 Å². The molecule has 0 bridgehead atoms. The Morgan fingerprint density at radius 1 is 1.28 bits per heavy atom. The molecule has 102 valence electrons. The number of nitrogens with two attached hydrogens (primary N) is 1. The molecule has 0 fully saturated rings. The summed E-state index contributed by atoms with van der Waals surface area (Å²) < 4.78 is 22.0. The summed E-state index contributed by atoms with van der Waals surface area (Å²) in [6.07, 6.45) is 3.14. The van der Waals surface area contributed by atoms with Gasteiger partial charge in [0.15, 0.2) is 0 Å². The van der Waals surface area contributed by atoms with E-state index in [1.807, 2.05) is 12.1 Å². The lowest BCUT2D eigenvalue weighted by Gasteiger charge is -2.09. The quantitative estimate of drug-likeness (QED) is 0.780. The van der Waals surface area contributed by atoms with E-state index < -0.39 is 9.84 Å². The number of rotatable bonds is 7. The van der Waals surface area contributed by atoms with Gasteiger partial charge in [-0.25, -0.2) is 8.42 Å². The highest BCUT2D eigenvalue weighted by Gasteiger charge is 2.04. The van der Waals surface area contributed by atoms with E-state index in [9.17, 15) is 8.42 Å². The van der Waals surface area contributed by atoms with E-state index in [-0.39, 0.29) is 11.8 Å². The third-order valence-electron chi connectivity index (χ3n) is 2.67. The lowest BCUT2D eigenvalue weighted by Crippen LogP contribution is -2.21. The summed E-state index contributed by atoms with van der Waals surface area (Å²) in [4.78, 5) is 1.10. The molecule has 0 aliphatic rings. The summed E-state index contributed by atoms with van der Waals surface area (Å²) in [5.74, 6) is 0.826. The average molecular weight is 287 g/mol. The summed E-state index contributed by atoms with van der Waals surface area (Å²) >= 11 is 1.57. The van der Waals surface area contributed by atoms with Gasteiger partial charge in [0.1, 0.15) is 9.84 Å². The molecule has 18 heavy (non-hydrogen) atoms.